The predicted molar refractivity (Wildman–Crippen MR) is 128 cm³/mol. The van der Waals surface area contributed by atoms with Crippen molar-refractivity contribution in [2.45, 2.75) is 66.8 Å². The summed E-state index contributed by atoms with van der Waals surface area (Å²) in [7, 11) is 0. The van der Waals surface area contributed by atoms with Crippen LogP contribution >= 0.6 is 11.3 Å². The van der Waals surface area contributed by atoms with Gasteiger partial charge < -0.3 is 10.2 Å². The zero-order chi connectivity index (χ0) is 21.3. The molecule has 4 nitrogen and oxygen atoms in total. The molecule has 3 aromatic rings. The minimum atomic E-state index is 0.710. The van der Waals surface area contributed by atoms with Crippen LogP contribution in [0.5, 0.6) is 0 Å². The van der Waals surface area contributed by atoms with Crippen LogP contribution < -0.4 is 10.2 Å². The second kappa shape index (κ2) is 8.76. The molecule has 0 atom stereocenters. The highest BCUT2D eigenvalue weighted by Gasteiger charge is 2.22. The van der Waals surface area contributed by atoms with Crippen LogP contribution in [-0.2, 0) is 19.4 Å². The van der Waals surface area contributed by atoms with Gasteiger partial charge in [0.1, 0.15) is 5.82 Å². The lowest BCUT2D eigenvalue weighted by atomic mass is 9.95. The molecule has 0 amide bonds. The van der Waals surface area contributed by atoms with E-state index in [0.29, 0.717) is 5.95 Å². The van der Waals surface area contributed by atoms with Gasteiger partial charge in [0.2, 0.25) is 5.95 Å². The molecule has 0 radical (unpaired) electrons. The lowest BCUT2D eigenvalue weighted by molar-refractivity contribution is 0.714. The highest BCUT2D eigenvalue weighted by molar-refractivity contribution is 7.09. The maximum atomic E-state index is 5.06. The number of hydrogen-bond donors (Lipinski definition) is 1. The van der Waals surface area contributed by atoms with Crippen LogP contribution in [0.25, 0.3) is 0 Å². The lowest BCUT2D eigenvalue weighted by Crippen LogP contribution is -2.25. The first-order valence-corrected chi connectivity index (χ1v) is 11.9. The molecule has 0 unspecified atom stereocenters. The van der Waals surface area contributed by atoms with E-state index >= 15 is 0 Å². The fraction of sp³-hybridized carbons (Fsp3) is 0.440. The van der Waals surface area contributed by atoms with Gasteiger partial charge in [0.25, 0.3) is 0 Å². The smallest absolute Gasteiger partial charge is 0.229 e. The molecule has 4 rings (SSSR count). The number of aromatic nitrogens is 2. The number of nitrogens with one attached hydrogen (secondary N) is 1. The Bertz CT molecular complexity index is 1040. The Hall–Kier alpha value is -2.40. The normalized spacial score (nSPS) is 13.8. The summed E-state index contributed by atoms with van der Waals surface area (Å²) in [6.07, 6.45) is 4.48. The topological polar surface area (TPSA) is 41.1 Å². The Morgan fingerprint density at radius 3 is 2.67 bits per heavy atom. The SMILES string of the molecule is CCc1c(C)cc(C)c(Nc2nc(C)c3c(n2)N(Cc2cccs2)CCCC3)c1C. The minimum absolute atomic E-state index is 0.710. The zero-order valence-electron chi connectivity index (χ0n) is 18.8. The van der Waals surface area contributed by atoms with E-state index in [-0.39, 0.29) is 0 Å². The molecule has 30 heavy (non-hydrogen) atoms. The molecule has 5 heteroatoms. The quantitative estimate of drug-likeness (QED) is 0.517. The second-order valence-corrected chi connectivity index (χ2v) is 9.39. The summed E-state index contributed by atoms with van der Waals surface area (Å²) in [5.74, 6) is 1.82. The van der Waals surface area contributed by atoms with Crippen LogP contribution in [0.15, 0.2) is 23.6 Å². The molecular formula is C25H32N4S. The summed E-state index contributed by atoms with van der Waals surface area (Å²) in [4.78, 5) is 13.8. The van der Waals surface area contributed by atoms with Crippen LogP contribution in [0.4, 0.5) is 17.5 Å². The number of benzene rings is 1. The molecule has 1 aliphatic rings. The number of fused-ring (bicyclic) bond motifs is 1. The second-order valence-electron chi connectivity index (χ2n) is 8.36. The fourth-order valence-electron chi connectivity index (χ4n) is 4.72. The molecule has 0 fully saturated rings. The van der Waals surface area contributed by atoms with Gasteiger partial charge in [-0.1, -0.05) is 19.1 Å². The third-order valence-corrected chi connectivity index (χ3v) is 7.11. The van der Waals surface area contributed by atoms with E-state index in [1.807, 2.05) is 11.3 Å². The monoisotopic (exact) mass is 420 g/mol. The van der Waals surface area contributed by atoms with Crippen molar-refractivity contribution in [3.8, 4) is 0 Å². The van der Waals surface area contributed by atoms with Crippen molar-refractivity contribution in [2.24, 2.45) is 0 Å². The van der Waals surface area contributed by atoms with E-state index < -0.39 is 0 Å². The summed E-state index contributed by atoms with van der Waals surface area (Å²) in [6.45, 7) is 12.9. The van der Waals surface area contributed by atoms with Crippen molar-refractivity contribution in [3.05, 3.63) is 62.0 Å². The Labute approximate surface area is 184 Å². The van der Waals surface area contributed by atoms with E-state index in [4.69, 9.17) is 9.97 Å². The molecule has 0 saturated carbocycles. The number of aryl methyl sites for hydroxylation is 3. The molecule has 2 aromatic heterocycles. The maximum Gasteiger partial charge on any atom is 0.229 e. The average molecular weight is 421 g/mol. The van der Waals surface area contributed by atoms with Gasteiger partial charge in [-0.05, 0) is 87.1 Å². The van der Waals surface area contributed by atoms with Crippen molar-refractivity contribution in [3.63, 3.8) is 0 Å². The van der Waals surface area contributed by atoms with Gasteiger partial charge in [0.15, 0.2) is 0 Å². The van der Waals surface area contributed by atoms with Gasteiger partial charge >= 0.3 is 0 Å². The average Bonchev–Trinajstić information content (AvgIpc) is 3.13. The van der Waals surface area contributed by atoms with E-state index in [1.54, 1.807) is 0 Å². The van der Waals surface area contributed by atoms with Crippen molar-refractivity contribution in [1.82, 2.24) is 9.97 Å². The molecule has 0 aliphatic carbocycles. The Balaban J connectivity index is 1.73. The molecule has 158 valence electrons. The lowest BCUT2D eigenvalue weighted by Gasteiger charge is -2.25. The Morgan fingerprint density at radius 2 is 1.93 bits per heavy atom. The van der Waals surface area contributed by atoms with Crippen molar-refractivity contribution < 1.29 is 0 Å². The highest BCUT2D eigenvalue weighted by Crippen LogP contribution is 2.33. The Morgan fingerprint density at radius 1 is 1.10 bits per heavy atom. The Kier molecular flexibility index (Phi) is 6.09. The number of nitrogens with zero attached hydrogens (tertiary/aromatic N) is 3. The fourth-order valence-corrected chi connectivity index (χ4v) is 5.44. The number of anilines is 3. The maximum absolute atomic E-state index is 5.06. The third-order valence-electron chi connectivity index (χ3n) is 6.24. The van der Waals surface area contributed by atoms with Crippen LogP contribution in [-0.4, -0.2) is 16.5 Å². The number of thiophene rings is 1. The molecule has 1 aliphatic heterocycles. The van der Waals surface area contributed by atoms with Gasteiger partial charge in [0.05, 0.1) is 6.54 Å². The predicted octanol–water partition coefficient (Wildman–Crippen LogP) is 6.42. The van der Waals surface area contributed by atoms with Gasteiger partial charge in [-0.15, -0.1) is 11.3 Å². The molecule has 0 spiro atoms. The summed E-state index contributed by atoms with van der Waals surface area (Å²) < 4.78 is 0. The first-order chi connectivity index (χ1) is 14.5. The van der Waals surface area contributed by atoms with Crippen LogP contribution in [0.3, 0.4) is 0 Å². The van der Waals surface area contributed by atoms with E-state index in [1.165, 1.54) is 45.5 Å². The summed E-state index contributed by atoms with van der Waals surface area (Å²) >= 11 is 1.82. The molecule has 3 heterocycles. The van der Waals surface area contributed by atoms with Crippen molar-refractivity contribution in [1.29, 1.82) is 0 Å². The minimum Gasteiger partial charge on any atom is -0.351 e. The molecule has 0 saturated heterocycles. The van der Waals surface area contributed by atoms with Crippen molar-refractivity contribution in [2.75, 3.05) is 16.8 Å². The number of hydrogen-bond acceptors (Lipinski definition) is 5. The highest BCUT2D eigenvalue weighted by atomic mass is 32.1. The van der Waals surface area contributed by atoms with E-state index in [2.05, 4.69) is 68.4 Å². The van der Waals surface area contributed by atoms with E-state index in [0.717, 1.165) is 43.1 Å². The third kappa shape index (κ3) is 4.08. The first-order valence-electron chi connectivity index (χ1n) is 11.0. The standard InChI is InChI=1S/C25H32N4S/c1-6-21-16(2)14-17(3)23(18(21)4)27-25-26-19(5)22-11-7-8-12-29(24(22)28-25)15-20-10-9-13-30-20/h9-10,13-14H,6-8,11-12,15H2,1-5H3,(H,26,27,28). The van der Waals surface area contributed by atoms with Crippen LogP contribution in [0, 0.1) is 27.7 Å². The van der Waals surface area contributed by atoms with Gasteiger partial charge in [-0.25, -0.2) is 4.98 Å². The summed E-state index contributed by atoms with van der Waals surface area (Å²) in [5, 5.41) is 5.74. The van der Waals surface area contributed by atoms with Crippen LogP contribution in [0.1, 0.15) is 58.2 Å². The van der Waals surface area contributed by atoms with Gasteiger partial charge in [-0.3, -0.25) is 0 Å². The van der Waals surface area contributed by atoms with Gasteiger partial charge in [0, 0.05) is 28.4 Å². The molecular weight excluding hydrogens is 388 g/mol. The van der Waals surface area contributed by atoms with Crippen LogP contribution in [0.2, 0.25) is 0 Å². The largest absolute Gasteiger partial charge is 0.351 e. The summed E-state index contributed by atoms with van der Waals surface area (Å²) in [6, 6.07) is 6.62. The van der Waals surface area contributed by atoms with Crippen molar-refractivity contribution >= 4 is 28.8 Å². The first kappa shape index (κ1) is 20.9. The molecule has 1 N–H and O–H groups in total. The summed E-state index contributed by atoms with van der Waals surface area (Å²) in [5.41, 5.74) is 8.87. The number of rotatable bonds is 5. The molecule has 0 bridgehead atoms. The zero-order valence-corrected chi connectivity index (χ0v) is 19.6. The molecule has 1 aromatic carbocycles. The van der Waals surface area contributed by atoms with Gasteiger partial charge in [-0.2, -0.15) is 4.98 Å². The van der Waals surface area contributed by atoms with E-state index in [9.17, 15) is 0 Å².